The molecule has 12 heavy (non-hydrogen) atoms. The van der Waals surface area contributed by atoms with Crippen LogP contribution in [-0.4, -0.2) is 5.78 Å². The van der Waals surface area contributed by atoms with Gasteiger partial charge >= 0.3 is 0 Å². The van der Waals surface area contributed by atoms with Crippen LogP contribution in [0, 0.1) is 6.92 Å². The second kappa shape index (κ2) is 3.48. The van der Waals surface area contributed by atoms with E-state index in [0.29, 0.717) is 11.1 Å². The van der Waals surface area contributed by atoms with Gasteiger partial charge in [0.05, 0.1) is 0 Å². The third-order valence-electron chi connectivity index (χ3n) is 1.84. The van der Waals surface area contributed by atoms with E-state index in [4.69, 9.17) is 0 Å². The summed E-state index contributed by atoms with van der Waals surface area (Å²) in [7, 11) is 0. The minimum absolute atomic E-state index is 0.0113. The maximum atomic E-state index is 12.2. The molecule has 0 unspecified atom stereocenters. The molecule has 0 saturated carbocycles. The fourth-order valence-electron chi connectivity index (χ4n) is 1.13. The third-order valence-corrected chi connectivity index (χ3v) is 1.84. The molecule has 0 heterocycles. The number of alkyl halides is 1. The van der Waals surface area contributed by atoms with E-state index in [1.165, 1.54) is 6.92 Å². The Morgan fingerprint density at radius 1 is 1.50 bits per heavy atom. The van der Waals surface area contributed by atoms with Crippen LogP contribution in [0.5, 0.6) is 0 Å². The zero-order chi connectivity index (χ0) is 9.14. The molecule has 0 aliphatic carbocycles. The number of rotatable bonds is 2. The Hall–Kier alpha value is -1.18. The molecule has 1 aromatic rings. The predicted octanol–water partition coefficient (Wildman–Crippen LogP) is 2.67. The summed E-state index contributed by atoms with van der Waals surface area (Å²) in [5.41, 5.74) is 2.08. The molecule has 0 aliphatic heterocycles. The van der Waals surface area contributed by atoms with Crippen LogP contribution in [0.15, 0.2) is 18.2 Å². The highest BCUT2D eigenvalue weighted by molar-refractivity contribution is 5.95. The molecule has 0 aromatic heterocycles. The normalized spacial score (nSPS) is 9.92. The van der Waals surface area contributed by atoms with Gasteiger partial charge in [-0.1, -0.05) is 12.1 Å². The number of carbonyl (C=O) groups is 1. The van der Waals surface area contributed by atoms with Gasteiger partial charge in [0.2, 0.25) is 0 Å². The van der Waals surface area contributed by atoms with Crippen LogP contribution in [0.4, 0.5) is 4.39 Å². The molecule has 0 aliphatic rings. The molecule has 2 heteroatoms. The Bertz CT molecular complexity index is 305. The Morgan fingerprint density at radius 3 is 2.67 bits per heavy atom. The van der Waals surface area contributed by atoms with E-state index in [9.17, 15) is 9.18 Å². The molecular weight excluding hydrogens is 155 g/mol. The lowest BCUT2D eigenvalue weighted by Crippen LogP contribution is -1.96. The van der Waals surface area contributed by atoms with Gasteiger partial charge in [-0.3, -0.25) is 4.79 Å². The lowest BCUT2D eigenvalue weighted by atomic mass is 10.0. The Kier molecular flexibility index (Phi) is 2.58. The van der Waals surface area contributed by atoms with Gasteiger partial charge in [-0.05, 0) is 31.0 Å². The topological polar surface area (TPSA) is 17.1 Å². The van der Waals surface area contributed by atoms with Crippen molar-refractivity contribution in [3.8, 4) is 0 Å². The first-order valence-corrected chi connectivity index (χ1v) is 3.81. The summed E-state index contributed by atoms with van der Waals surface area (Å²) in [6.07, 6.45) is 0. The van der Waals surface area contributed by atoms with Crippen LogP contribution in [0.3, 0.4) is 0 Å². The van der Waals surface area contributed by atoms with Crippen molar-refractivity contribution in [2.45, 2.75) is 20.5 Å². The van der Waals surface area contributed by atoms with Gasteiger partial charge < -0.3 is 0 Å². The Balaban J connectivity index is 3.17. The number of ketones is 1. The van der Waals surface area contributed by atoms with E-state index in [1.54, 1.807) is 18.2 Å². The summed E-state index contributed by atoms with van der Waals surface area (Å²) in [5.74, 6) is -0.0113. The predicted molar refractivity (Wildman–Crippen MR) is 46.0 cm³/mol. The van der Waals surface area contributed by atoms with Gasteiger partial charge in [0.25, 0.3) is 0 Å². The molecule has 0 radical (unpaired) electrons. The van der Waals surface area contributed by atoms with Gasteiger partial charge in [-0.2, -0.15) is 0 Å². The zero-order valence-electron chi connectivity index (χ0n) is 7.23. The van der Waals surface area contributed by atoms with Crippen LogP contribution in [0.1, 0.15) is 28.4 Å². The maximum absolute atomic E-state index is 12.2. The molecule has 0 amide bonds. The van der Waals surface area contributed by atoms with Crippen LogP contribution < -0.4 is 0 Å². The zero-order valence-corrected chi connectivity index (χ0v) is 7.23. The summed E-state index contributed by atoms with van der Waals surface area (Å²) >= 11 is 0. The van der Waals surface area contributed by atoms with Crippen molar-refractivity contribution in [3.63, 3.8) is 0 Å². The number of aryl methyl sites for hydroxylation is 1. The minimum atomic E-state index is -0.513. The highest BCUT2D eigenvalue weighted by atomic mass is 19.1. The standard InChI is InChI=1S/C10H11FO/c1-7-3-4-9(6-11)5-10(7)8(2)12/h3-5H,6H2,1-2H3. The number of benzene rings is 1. The number of halogens is 1. The van der Waals surface area contributed by atoms with Crippen molar-refractivity contribution in [1.82, 2.24) is 0 Å². The van der Waals surface area contributed by atoms with Crippen molar-refractivity contribution in [3.05, 3.63) is 34.9 Å². The summed E-state index contributed by atoms with van der Waals surface area (Å²) in [6.45, 7) is 2.82. The summed E-state index contributed by atoms with van der Waals surface area (Å²) in [5, 5.41) is 0. The Morgan fingerprint density at radius 2 is 2.17 bits per heavy atom. The quantitative estimate of drug-likeness (QED) is 0.617. The molecule has 1 nitrogen and oxygen atoms in total. The number of carbonyl (C=O) groups excluding carboxylic acids is 1. The van der Waals surface area contributed by atoms with Gasteiger partial charge in [0.15, 0.2) is 5.78 Å². The van der Waals surface area contributed by atoms with Crippen LogP contribution in [0.25, 0.3) is 0 Å². The molecule has 1 aromatic carbocycles. The third kappa shape index (κ3) is 1.70. The Labute approximate surface area is 71.2 Å². The van der Waals surface area contributed by atoms with Crippen LogP contribution in [-0.2, 0) is 6.67 Å². The fraction of sp³-hybridized carbons (Fsp3) is 0.300. The van der Waals surface area contributed by atoms with E-state index < -0.39 is 6.67 Å². The first-order valence-electron chi connectivity index (χ1n) is 3.81. The largest absolute Gasteiger partial charge is 0.295 e. The molecule has 0 atom stereocenters. The van der Waals surface area contributed by atoms with Crippen molar-refractivity contribution < 1.29 is 9.18 Å². The summed E-state index contributed by atoms with van der Waals surface area (Å²) < 4.78 is 12.2. The van der Waals surface area contributed by atoms with Crippen molar-refractivity contribution in [1.29, 1.82) is 0 Å². The van der Waals surface area contributed by atoms with Gasteiger partial charge in [0.1, 0.15) is 6.67 Å². The average molecular weight is 166 g/mol. The SMILES string of the molecule is CC(=O)c1cc(CF)ccc1C. The highest BCUT2D eigenvalue weighted by Crippen LogP contribution is 2.12. The van der Waals surface area contributed by atoms with Crippen molar-refractivity contribution in [2.75, 3.05) is 0 Å². The average Bonchev–Trinajstić information content (AvgIpc) is 2.05. The van der Waals surface area contributed by atoms with Gasteiger partial charge in [-0.25, -0.2) is 4.39 Å². The van der Waals surface area contributed by atoms with Crippen LogP contribution >= 0.6 is 0 Å². The van der Waals surface area contributed by atoms with E-state index in [1.807, 2.05) is 6.92 Å². The van der Waals surface area contributed by atoms with Crippen molar-refractivity contribution in [2.24, 2.45) is 0 Å². The molecule has 0 fully saturated rings. The number of hydrogen-bond donors (Lipinski definition) is 0. The summed E-state index contributed by atoms with van der Waals surface area (Å²) in [4.78, 5) is 11.0. The molecule has 1 rings (SSSR count). The second-order valence-corrected chi connectivity index (χ2v) is 2.84. The fourth-order valence-corrected chi connectivity index (χ4v) is 1.13. The monoisotopic (exact) mass is 166 g/mol. The first kappa shape index (κ1) is 8.91. The molecule has 0 saturated heterocycles. The van der Waals surface area contributed by atoms with Gasteiger partial charge in [0, 0.05) is 5.56 Å². The minimum Gasteiger partial charge on any atom is -0.295 e. The van der Waals surface area contributed by atoms with Gasteiger partial charge in [-0.15, -0.1) is 0 Å². The highest BCUT2D eigenvalue weighted by Gasteiger charge is 2.04. The van der Waals surface area contributed by atoms with Crippen molar-refractivity contribution >= 4 is 5.78 Å². The lowest BCUT2D eigenvalue weighted by Gasteiger charge is -2.02. The maximum Gasteiger partial charge on any atom is 0.160 e. The number of Topliss-reactive ketones (excluding diaryl/α,β-unsaturated/α-hetero) is 1. The first-order chi connectivity index (χ1) is 5.65. The smallest absolute Gasteiger partial charge is 0.160 e. The second-order valence-electron chi connectivity index (χ2n) is 2.84. The number of hydrogen-bond acceptors (Lipinski definition) is 1. The molecule has 0 N–H and O–H groups in total. The van der Waals surface area contributed by atoms with E-state index >= 15 is 0 Å². The molecule has 64 valence electrons. The van der Waals surface area contributed by atoms with E-state index in [0.717, 1.165) is 5.56 Å². The van der Waals surface area contributed by atoms with Crippen LogP contribution in [0.2, 0.25) is 0 Å². The molecular formula is C10H11FO. The van der Waals surface area contributed by atoms with E-state index in [2.05, 4.69) is 0 Å². The van der Waals surface area contributed by atoms with E-state index in [-0.39, 0.29) is 5.78 Å². The molecule has 0 spiro atoms. The molecule has 0 bridgehead atoms. The lowest BCUT2D eigenvalue weighted by molar-refractivity contribution is 0.101. The summed E-state index contributed by atoms with van der Waals surface area (Å²) in [6, 6.07) is 5.07.